The maximum Gasteiger partial charge on any atom is 0.207 e. The lowest BCUT2D eigenvalue weighted by atomic mass is 10.2. The van der Waals surface area contributed by atoms with Crippen LogP contribution in [-0.4, -0.2) is 37.7 Å². The van der Waals surface area contributed by atoms with Crippen molar-refractivity contribution in [2.75, 3.05) is 14.2 Å². The second kappa shape index (κ2) is 9.56. The van der Waals surface area contributed by atoms with Crippen LogP contribution in [0.5, 0.6) is 0 Å². The van der Waals surface area contributed by atoms with E-state index in [0.717, 1.165) is 5.70 Å². The molecule has 1 unspecified atom stereocenters. The van der Waals surface area contributed by atoms with Gasteiger partial charge in [0.2, 0.25) is 5.88 Å². The Bertz CT molecular complexity index is 481. The fourth-order valence-corrected chi connectivity index (χ4v) is 1.27. The first kappa shape index (κ1) is 17.6. The number of rotatable bonds is 7. The summed E-state index contributed by atoms with van der Waals surface area (Å²) in [4.78, 5) is 10.0. The zero-order valence-corrected chi connectivity index (χ0v) is 12.8. The van der Waals surface area contributed by atoms with Crippen LogP contribution in [0.1, 0.15) is 20.8 Å². The minimum Gasteiger partial charge on any atom is -0.481 e. The molecule has 5 nitrogen and oxygen atoms in total. The van der Waals surface area contributed by atoms with Crippen molar-refractivity contribution in [2.45, 2.75) is 26.8 Å². The zero-order valence-electron chi connectivity index (χ0n) is 12.8. The van der Waals surface area contributed by atoms with E-state index in [-0.39, 0.29) is 6.04 Å². The maximum atomic E-state index is 9.01. The lowest BCUT2D eigenvalue weighted by molar-refractivity contribution is 0.164. The number of hydrogen-bond donors (Lipinski definition) is 0. The van der Waals surface area contributed by atoms with E-state index < -0.39 is 0 Å². The van der Waals surface area contributed by atoms with Crippen molar-refractivity contribution < 1.29 is 4.74 Å². The van der Waals surface area contributed by atoms with E-state index in [0.29, 0.717) is 11.5 Å². The molecule has 0 radical (unpaired) electrons. The second-order valence-electron chi connectivity index (χ2n) is 4.06. The van der Waals surface area contributed by atoms with Crippen molar-refractivity contribution in [3.63, 3.8) is 0 Å². The second-order valence-corrected chi connectivity index (χ2v) is 4.06. The maximum absolute atomic E-state index is 9.01. The third kappa shape index (κ3) is 5.53. The summed E-state index contributed by atoms with van der Waals surface area (Å²) in [5.74, 6) is 0.461. The molecule has 0 rings (SSSR count). The van der Waals surface area contributed by atoms with Gasteiger partial charge in [0.05, 0.1) is 13.2 Å². The van der Waals surface area contributed by atoms with Crippen molar-refractivity contribution in [3.8, 4) is 6.07 Å². The van der Waals surface area contributed by atoms with Crippen LogP contribution in [0.4, 0.5) is 0 Å². The van der Waals surface area contributed by atoms with Gasteiger partial charge in [0, 0.05) is 19.0 Å². The average molecular weight is 274 g/mol. The predicted molar refractivity (Wildman–Crippen MR) is 83.5 cm³/mol. The first-order chi connectivity index (χ1) is 9.51. The number of nitriles is 1. The summed E-state index contributed by atoms with van der Waals surface area (Å²) >= 11 is 0. The molecule has 0 fully saturated rings. The highest BCUT2D eigenvalue weighted by Crippen LogP contribution is 2.12. The van der Waals surface area contributed by atoms with E-state index in [1.165, 1.54) is 19.5 Å². The Kier molecular flexibility index (Phi) is 8.44. The standard InChI is InChI=1S/C15H22N4O/c1-7-12(3)18-11-17-10-13(4)19(5)15(20-6)14(8-2)9-16/h7-8,10-11,13H,2H2,1,3-6H3/b12-7+,15-14-,17-10?,18-11?. The molecule has 1 atom stereocenters. The van der Waals surface area contributed by atoms with Gasteiger partial charge in [-0.15, -0.1) is 0 Å². The highest BCUT2D eigenvalue weighted by Gasteiger charge is 2.14. The van der Waals surface area contributed by atoms with Crippen molar-refractivity contribution in [1.29, 1.82) is 5.26 Å². The Morgan fingerprint density at radius 3 is 2.60 bits per heavy atom. The molecule has 0 aliphatic rings. The fourth-order valence-electron chi connectivity index (χ4n) is 1.27. The Hall–Kier alpha value is -2.35. The van der Waals surface area contributed by atoms with Gasteiger partial charge < -0.3 is 9.64 Å². The first-order valence-corrected chi connectivity index (χ1v) is 6.24. The van der Waals surface area contributed by atoms with Gasteiger partial charge in [0.1, 0.15) is 18.0 Å². The molecule has 20 heavy (non-hydrogen) atoms. The normalized spacial score (nSPS) is 14.9. The number of allylic oxidation sites excluding steroid dienone is 4. The quantitative estimate of drug-likeness (QED) is 0.236. The molecule has 0 saturated heterocycles. The van der Waals surface area contributed by atoms with Gasteiger partial charge in [0.25, 0.3) is 0 Å². The van der Waals surface area contributed by atoms with Crippen LogP contribution < -0.4 is 0 Å². The van der Waals surface area contributed by atoms with Crippen LogP contribution in [0.3, 0.4) is 0 Å². The van der Waals surface area contributed by atoms with E-state index in [1.807, 2.05) is 40.0 Å². The van der Waals surface area contributed by atoms with Gasteiger partial charge >= 0.3 is 0 Å². The number of methoxy groups -OCH3 is 1. The minimum absolute atomic E-state index is 0.0504. The average Bonchev–Trinajstić information content (AvgIpc) is 2.47. The molecule has 0 bridgehead atoms. The zero-order chi connectivity index (χ0) is 15.5. The number of hydrogen-bond acceptors (Lipinski definition) is 4. The smallest absolute Gasteiger partial charge is 0.207 e. The third-order valence-corrected chi connectivity index (χ3v) is 2.73. The number of aliphatic imine (C=N–C) groups is 2. The molecule has 5 heteroatoms. The van der Waals surface area contributed by atoms with Crippen LogP contribution in [0.2, 0.25) is 0 Å². The highest BCUT2D eigenvalue weighted by molar-refractivity contribution is 5.76. The van der Waals surface area contributed by atoms with E-state index in [9.17, 15) is 0 Å². The van der Waals surface area contributed by atoms with Crippen LogP contribution in [0.25, 0.3) is 0 Å². The first-order valence-electron chi connectivity index (χ1n) is 6.24. The summed E-state index contributed by atoms with van der Waals surface area (Å²) in [6, 6.07) is 1.99. The fraction of sp³-hybridized carbons (Fsp3) is 0.400. The van der Waals surface area contributed by atoms with Crippen LogP contribution in [0.15, 0.2) is 45.9 Å². The van der Waals surface area contributed by atoms with E-state index >= 15 is 0 Å². The summed E-state index contributed by atoms with van der Waals surface area (Å²) in [5.41, 5.74) is 1.28. The van der Waals surface area contributed by atoms with Gasteiger partial charge in [-0.3, -0.25) is 0 Å². The van der Waals surface area contributed by atoms with Crippen molar-refractivity contribution in [1.82, 2.24) is 4.90 Å². The topological polar surface area (TPSA) is 61.0 Å². The number of nitrogens with zero attached hydrogens (tertiary/aromatic N) is 4. The Labute approximate surface area is 121 Å². The summed E-state index contributed by atoms with van der Waals surface area (Å²) < 4.78 is 5.25. The third-order valence-electron chi connectivity index (χ3n) is 2.73. The molecule has 0 saturated carbocycles. The monoisotopic (exact) mass is 274 g/mol. The lowest BCUT2D eigenvalue weighted by Gasteiger charge is -2.25. The molecular weight excluding hydrogens is 252 g/mol. The Balaban J connectivity index is 4.94. The van der Waals surface area contributed by atoms with Crippen molar-refractivity contribution in [2.24, 2.45) is 9.98 Å². The summed E-state index contributed by atoms with van der Waals surface area (Å²) in [7, 11) is 3.35. The summed E-state index contributed by atoms with van der Waals surface area (Å²) in [6.45, 7) is 9.36. The lowest BCUT2D eigenvalue weighted by Crippen LogP contribution is -2.31. The SMILES string of the molecule is C=C/C(C#N)=C(/OC)N(C)C(C)C=NC=N/C(C)=C/C. The largest absolute Gasteiger partial charge is 0.481 e. The van der Waals surface area contributed by atoms with Crippen LogP contribution in [-0.2, 0) is 4.74 Å². The molecular formula is C15H22N4O. The molecule has 0 amide bonds. The molecule has 0 aromatic heterocycles. The Morgan fingerprint density at radius 2 is 2.15 bits per heavy atom. The van der Waals surface area contributed by atoms with E-state index in [4.69, 9.17) is 10.00 Å². The molecule has 0 aromatic carbocycles. The van der Waals surface area contributed by atoms with Gasteiger partial charge in [-0.05, 0) is 26.8 Å². The van der Waals surface area contributed by atoms with Crippen LogP contribution in [0, 0.1) is 11.3 Å². The number of ether oxygens (including phenoxy) is 1. The molecule has 108 valence electrons. The molecule has 0 aromatic rings. The molecule has 0 aliphatic carbocycles. The summed E-state index contributed by atoms with van der Waals surface area (Å²) in [6.07, 6.45) is 6.59. The highest BCUT2D eigenvalue weighted by atomic mass is 16.5. The van der Waals surface area contributed by atoms with E-state index in [2.05, 4.69) is 16.6 Å². The molecule has 0 N–H and O–H groups in total. The molecule has 0 aliphatic heterocycles. The Morgan fingerprint density at radius 1 is 1.50 bits per heavy atom. The van der Waals surface area contributed by atoms with Crippen LogP contribution >= 0.6 is 0 Å². The minimum atomic E-state index is -0.0504. The summed E-state index contributed by atoms with van der Waals surface area (Å²) in [5, 5.41) is 9.01. The van der Waals surface area contributed by atoms with Gasteiger partial charge in [-0.1, -0.05) is 12.7 Å². The predicted octanol–water partition coefficient (Wildman–Crippen LogP) is 2.90. The molecule has 0 spiro atoms. The van der Waals surface area contributed by atoms with Gasteiger partial charge in [-0.2, -0.15) is 5.26 Å². The van der Waals surface area contributed by atoms with Gasteiger partial charge in [0.15, 0.2) is 0 Å². The molecule has 0 heterocycles. The van der Waals surface area contributed by atoms with Crippen molar-refractivity contribution in [3.05, 3.63) is 35.9 Å². The van der Waals surface area contributed by atoms with Crippen molar-refractivity contribution >= 4 is 12.6 Å². The van der Waals surface area contributed by atoms with E-state index in [1.54, 1.807) is 11.1 Å². The van der Waals surface area contributed by atoms with Gasteiger partial charge in [-0.25, -0.2) is 9.98 Å².